The molecule has 4 nitrogen and oxygen atoms in total. The van der Waals surface area contributed by atoms with E-state index in [1.54, 1.807) is 11.3 Å². The molecular weight excluding hydrogens is 358 g/mol. The minimum atomic E-state index is -0.215. The maximum atomic E-state index is 12.6. The molecule has 5 heteroatoms. The molecule has 2 heterocycles. The maximum absolute atomic E-state index is 12.6. The molecule has 2 bridgehead atoms. The van der Waals surface area contributed by atoms with Crippen LogP contribution in [0.25, 0.3) is 0 Å². The normalized spacial score (nSPS) is 23.7. The van der Waals surface area contributed by atoms with E-state index in [1.807, 2.05) is 26.0 Å². The third-order valence-electron chi connectivity index (χ3n) is 6.45. The Bertz CT molecular complexity index is 836. The Morgan fingerprint density at radius 2 is 2.11 bits per heavy atom. The fraction of sp³-hybridized carbons (Fsp3) is 0.545. The largest absolute Gasteiger partial charge is 0.457 e. The summed E-state index contributed by atoms with van der Waals surface area (Å²) in [5.74, 6) is 1.68. The molecule has 144 valence electrons. The monoisotopic (exact) mass is 385 g/mol. The Morgan fingerprint density at radius 1 is 1.26 bits per heavy atom. The lowest BCUT2D eigenvalue weighted by molar-refractivity contribution is -0.144. The number of ketones is 1. The SMILES string of the molecule is Cc1cc(C(=O)COC(=O)C[C@H]2C[C@H]3CC[C@@H]2C3)c(C)n1Cc1cccs1. The van der Waals surface area contributed by atoms with Gasteiger partial charge >= 0.3 is 5.97 Å². The van der Waals surface area contributed by atoms with Gasteiger partial charge in [-0.25, -0.2) is 0 Å². The third kappa shape index (κ3) is 3.88. The van der Waals surface area contributed by atoms with Gasteiger partial charge in [0.15, 0.2) is 6.61 Å². The van der Waals surface area contributed by atoms with Gasteiger partial charge in [-0.1, -0.05) is 12.5 Å². The molecule has 2 aromatic rings. The number of hydrogen-bond donors (Lipinski definition) is 0. The zero-order valence-corrected chi connectivity index (χ0v) is 16.9. The fourth-order valence-electron chi connectivity index (χ4n) is 5.01. The van der Waals surface area contributed by atoms with Crippen LogP contribution < -0.4 is 0 Å². The van der Waals surface area contributed by atoms with Crippen molar-refractivity contribution in [1.82, 2.24) is 4.57 Å². The first-order valence-corrected chi connectivity index (χ1v) is 10.8. The van der Waals surface area contributed by atoms with Gasteiger partial charge in [-0.2, -0.15) is 0 Å². The van der Waals surface area contributed by atoms with Crippen molar-refractivity contribution in [3.05, 3.63) is 45.4 Å². The predicted molar refractivity (Wildman–Crippen MR) is 106 cm³/mol. The lowest BCUT2D eigenvalue weighted by Crippen LogP contribution is -2.20. The van der Waals surface area contributed by atoms with Crippen LogP contribution in [0.5, 0.6) is 0 Å². The molecule has 0 aliphatic heterocycles. The zero-order valence-electron chi connectivity index (χ0n) is 16.1. The Morgan fingerprint density at radius 3 is 2.78 bits per heavy atom. The van der Waals surface area contributed by atoms with E-state index in [0.717, 1.165) is 30.3 Å². The second-order valence-corrected chi connectivity index (χ2v) is 9.21. The molecular formula is C22H27NO3S. The summed E-state index contributed by atoms with van der Waals surface area (Å²) < 4.78 is 7.49. The van der Waals surface area contributed by atoms with E-state index in [4.69, 9.17) is 4.74 Å². The van der Waals surface area contributed by atoms with Crippen LogP contribution in [0.2, 0.25) is 0 Å². The van der Waals surface area contributed by atoms with Gasteiger partial charge in [0.25, 0.3) is 0 Å². The summed E-state index contributed by atoms with van der Waals surface area (Å²) in [6, 6.07) is 6.05. The van der Waals surface area contributed by atoms with E-state index >= 15 is 0 Å². The highest BCUT2D eigenvalue weighted by Crippen LogP contribution is 2.49. The second kappa shape index (κ2) is 7.63. The summed E-state index contributed by atoms with van der Waals surface area (Å²) in [6.45, 7) is 4.60. The minimum absolute atomic E-state index is 0.109. The van der Waals surface area contributed by atoms with Crippen LogP contribution in [0.1, 0.15) is 58.7 Å². The van der Waals surface area contributed by atoms with Crippen molar-refractivity contribution in [3.63, 3.8) is 0 Å². The van der Waals surface area contributed by atoms with E-state index in [1.165, 1.54) is 24.1 Å². The van der Waals surface area contributed by atoms with Crippen molar-refractivity contribution in [1.29, 1.82) is 0 Å². The summed E-state index contributed by atoms with van der Waals surface area (Å²) in [4.78, 5) is 26.1. The first-order chi connectivity index (χ1) is 13.0. The second-order valence-electron chi connectivity index (χ2n) is 8.17. The molecule has 27 heavy (non-hydrogen) atoms. The van der Waals surface area contributed by atoms with Crippen LogP contribution in [0.3, 0.4) is 0 Å². The van der Waals surface area contributed by atoms with Gasteiger partial charge in [0.2, 0.25) is 5.78 Å². The van der Waals surface area contributed by atoms with Crippen LogP contribution >= 0.6 is 11.3 Å². The Kier molecular flexibility index (Phi) is 5.22. The lowest BCUT2D eigenvalue weighted by atomic mass is 9.86. The molecule has 3 atom stereocenters. The molecule has 4 rings (SSSR count). The van der Waals surface area contributed by atoms with Crippen molar-refractivity contribution in [2.75, 3.05) is 6.61 Å². The van der Waals surface area contributed by atoms with Gasteiger partial charge < -0.3 is 9.30 Å². The number of aromatic nitrogens is 1. The Hall–Kier alpha value is -1.88. The molecule has 2 aromatic heterocycles. The standard InChI is InChI=1S/C22H27NO3S/c1-14-8-20(15(2)23(14)12-19-4-3-7-27-19)21(24)13-26-22(25)11-18-10-16-5-6-17(18)9-16/h3-4,7-8,16-18H,5-6,9-13H2,1-2H3/t16-,17+,18+/m0/s1. The number of thiophene rings is 1. The number of esters is 1. The summed E-state index contributed by atoms with van der Waals surface area (Å²) in [6.07, 6.45) is 5.52. The molecule has 0 radical (unpaired) electrons. The first kappa shape index (κ1) is 18.5. The first-order valence-electron chi connectivity index (χ1n) is 9.89. The summed E-state index contributed by atoms with van der Waals surface area (Å²) in [5, 5.41) is 2.06. The van der Waals surface area contributed by atoms with Crippen molar-refractivity contribution in [3.8, 4) is 0 Å². The quantitative estimate of drug-likeness (QED) is 0.510. The van der Waals surface area contributed by atoms with Gasteiger partial charge in [-0.15, -0.1) is 11.3 Å². The van der Waals surface area contributed by atoms with E-state index in [2.05, 4.69) is 16.0 Å². The van der Waals surface area contributed by atoms with E-state index in [0.29, 0.717) is 23.8 Å². The van der Waals surface area contributed by atoms with Gasteiger partial charge in [0.05, 0.1) is 6.54 Å². The molecule has 2 aliphatic rings. The summed E-state index contributed by atoms with van der Waals surface area (Å²) in [5.41, 5.74) is 2.66. The molecule has 0 unspecified atom stereocenters. The van der Waals surface area contributed by atoms with Crippen LogP contribution in [0.4, 0.5) is 0 Å². The van der Waals surface area contributed by atoms with Crippen LogP contribution in [-0.4, -0.2) is 22.9 Å². The molecule has 0 aromatic carbocycles. The molecule has 0 N–H and O–H groups in total. The van der Waals surface area contributed by atoms with Crippen LogP contribution in [-0.2, 0) is 16.1 Å². The minimum Gasteiger partial charge on any atom is -0.457 e. The van der Waals surface area contributed by atoms with Crippen LogP contribution in [0, 0.1) is 31.6 Å². The highest BCUT2D eigenvalue weighted by Gasteiger charge is 2.40. The predicted octanol–water partition coefficient (Wildman–Crippen LogP) is 4.77. The van der Waals surface area contributed by atoms with Gasteiger partial charge in [-0.3, -0.25) is 9.59 Å². The average molecular weight is 386 g/mol. The lowest BCUT2D eigenvalue weighted by Gasteiger charge is -2.20. The third-order valence-corrected chi connectivity index (χ3v) is 7.31. The van der Waals surface area contributed by atoms with E-state index in [-0.39, 0.29) is 18.4 Å². The van der Waals surface area contributed by atoms with Gasteiger partial charge in [0, 0.05) is 28.2 Å². The molecule has 2 fully saturated rings. The molecule has 2 saturated carbocycles. The number of Topliss-reactive ketones (excluding diaryl/α,β-unsaturated/α-hetero) is 1. The van der Waals surface area contributed by atoms with Crippen LogP contribution in [0.15, 0.2) is 23.6 Å². The van der Waals surface area contributed by atoms with E-state index < -0.39 is 0 Å². The summed E-state index contributed by atoms with van der Waals surface area (Å²) in [7, 11) is 0. The van der Waals surface area contributed by atoms with E-state index in [9.17, 15) is 9.59 Å². The number of rotatable bonds is 7. The zero-order chi connectivity index (χ0) is 19.0. The topological polar surface area (TPSA) is 48.3 Å². The molecule has 0 amide bonds. The molecule has 0 saturated heterocycles. The smallest absolute Gasteiger partial charge is 0.306 e. The number of carbonyl (C=O) groups is 2. The Labute approximate surface area is 164 Å². The van der Waals surface area contributed by atoms with Crippen molar-refractivity contribution in [2.24, 2.45) is 17.8 Å². The molecule has 2 aliphatic carbocycles. The number of carbonyl (C=O) groups excluding carboxylic acids is 2. The number of fused-ring (bicyclic) bond motifs is 2. The fourth-order valence-corrected chi connectivity index (χ4v) is 5.70. The highest BCUT2D eigenvalue weighted by atomic mass is 32.1. The average Bonchev–Trinajstić information content (AvgIpc) is 3.42. The van der Waals surface area contributed by atoms with Crippen molar-refractivity contribution in [2.45, 2.75) is 52.5 Å². The molecule has 0 spiro atoms. The number of nitrogens with zero attached hydrogens (tertiary/aromatic N) is 1. The summed E-state index contributed by atoms with van der Waals surface area (Å²) >= 11 is 1.71. The Balaban J connectivity index is 1.33. The number of hydrogen-bond acceptors (Lipinski definition) is 4. The van der Waals surface area contributed by atoms with Gasteiger partial charge in [0.1, 0.15) is 0 Å². The number of aryl methyl sites for hydroxylation is 1. The maximum Gasteiger partial charge on any atom is 0.306 e. The van der Waals surface area contributed by atoms with Crippen molar-refractivity contribution >= 4 is 23.1 Å². The van der Waals surface area contributed by atoms with Gasteiger partial charge in [-0.05, 0) is 68.4 Å². The number of ether oxygens (including phenoxy) is 1. The van der Waals surface area contributed by atoms with Crippen molar-refractivity contribution < 1.29 is 14.3 Å². The highest BCUT2D eigenvalue weighted by molar-refractivity contribution is 7.09.